The predicted molar refractivity (Wildman–Crippen MR) is 92.8 cm³/mol. The Bertz CT molecular complexity index is 686. The molecule has 3 rings (SSSR count). The molecule has 0 radical (unpaired) electrons. The van der Waals surface area contributed by atoms with Gasteiger partial charge in [-0.2, -0.15) is 0 Å². The Balaban J connectivity index is 1.77. The lowest BCUT2D eigenvalue weighted by molar-refractivity contribution is 0.0524. The van der Waals surface area contributed by atoms with Gasteiger partial charge >= 0.3 is 6.09 Å². The maximum Gasteiger partial charge on any atom is 0.407 e. The monoisotopic (exact) mass is 328 g/mol. The highest BCUT2D eigenvalue weighted by Crippen LogP contribution is 2.36. The van der Waals surface area contributed by atoms with Crippen LogP contribution in [0.1, 0.15) is 38.7 Å². The molecule has 0 bridgehead atoms. The topological polar surface area (TPSA) is 59.6 Å². The first-order chi connectivity index (χ1) is 11.4. The molecule has 0 fully saturated rings. The fourth-order valence-electron chi connectivity index (χ4n) is 2.89. The van der Waals surface area contributed by atoms with Crippen LogP contribution in [-0.4, -0.2) is 24.8 Å². The van der Waals surface area contributed by atoms with E-state index in [4.69, 9.17) is 9.47 Å². The zero-order valence-corrected chi connectivity index (χ0v) is 14.4. The molecule has 1 unspecified atom stereocenters. The normalized spacial score (nSPS) is 19.4. The summed E-state index contributed by atoms with van der Waals surface area (Å²) in [6, 6.07) is 7.98. The Morgan fingerprint density at radius 3 is 2.96 bits per heavy atom. The van der Waals surface area contributed by atoms with Crippen LogP contribution in [0.5, 0.6) is 5.75 Å². The van der Waals surface area contributed by atoms with Gasteiger partial charge in [-0.1, -0.05) is 24.3 Å². The summed E-state index contributed by atoms with van der Waals surface area (Å²) in [4.78, 5) is 12.0. The SMILES string of the molecule is CC(C)(C)OC(=O)NCC1CC2=C(C=CCN2)Oc2ccccc21. The van der Waals surface area contributed by atoms with E-state index >= 15 is 0 Å². The van der Waals surface area contributed by atoms with Crippen LogP contribution in [0.15, 0.2) is 47.9 Å². The molecule has 128 valence electrons. The fraction of sp³-hybridized carbons (Fsp3) is 0.421. The smallest absolute Gasteiger partial charge is 0.407 e. The first-order valence-electron chi connectivity index (χ1n) is 8.29. The standard InChI is InChI=1S/C19H24N2O3/c1-19(2,3)24-18(22)21-12-13-11-15-17(9-6-10-20-15)23-16-8-5-4-7-14(13)16/h4-9,13,20H,10-12H2,1-3H3,(H,21,22). The molecule has 1 atom stereocenters. The molecule has 24 heavy (non-hydrogen) atoms. The summed E-state index contributed by atoms with van der Waals surface area (Å²) in [7, 11) is 0. The first-order valence-corrected chi connectivity index (χ1v) is 8.29. The van der Waals surface area contributed by atoms with Gasteiger partial charge in [0.1, 0.15) is 17.1 Å². The summed E-state index contributed by atoms with van der Waals surface area (Å²) in [6.07, 6.45) is 4.44. The highest BCUT2D eigenvalue weighted by atomic mass is 16.6. The van der Waals surface area contributed by atoms with Gasteiger partial charge in [0.2, 0.25) is 0 Å². The third-order valence-electron chi connectivity index (χ3n) is 3.92. The Labute approximate surface area is 142 Å². The van der Waals surface area contributed by atoms with Crippen molar-refractivity contribution in [1.29, 1.82) is 0 Å². The largest absolute Gasteiger partial charge is 0.455 e. The van der Waals surface area contributed by atoms with Crippen LogP contribution >= 0.6 is 0 Å². The van der Waals surface area contributed by atoms with Crippen molar-refractivity contribution >= 4 is 6.09 Å². The van der Waals surface area contributed by atoms with Crippen molar-refractivity contribution in [2.45, 2.75) is 38.7 Å². The molecule has 0 saturated carbocycles. The quantitative estimate of drug-likeness (QED) is 0.873. The molecule has 0 spiro atoms. The molecule has 5 heteroatoms. The number of hydrogen-bond donors (Lipinski definition) is 2. The highest BCUT2D eigenvalue weighted by Gasteiger charge is 2.26. The van der Waals surface area contributed by atoms with Crippen LogP contribution in [0.2, 0.25) is 0 Å². The highest BCUT2D eigenvalue weighted by molar-refractivity contribution is 5.67. The fourth-order valence-corrected chi connectivity index (χ4v) is 2.89. The number of ether oxygens (including phenoxy) is 2. The minimum Gasteiger partial charge on any atom is -0.455 e. The van der Waals surface area contributed by atoms with Gasteiger partial charge < -0.3 is 20.1 Å². The van der Waals surface area contributed by atoms with Crippen molar-refractivity contribution in [3.05, 3.63) is 53.4 Å². The van der Waals surface area contributed by atoms with Crippen LogP contribution < -0.4 is 15.4 Å². The molecule has 1 aromatic rings. The van der Waals surface area contributed by atoms with Gasteiger partial charge in [-0.15, -0.1) is 0 Å². The van der Waals surface area contributed by atoms with Gasteiger partial charge in [0.25, 0.3) is 0 Å². The van der Waals surface area contributed by atoms with E-state index in [1.165, 1.54) is 0 Å². The lowest BCUT2D eigenvalue weighted by Crippen LogP contribution is -2.35. The molecule has 2 aliphatic heterocycles. The van der Waals surface area contributed by atoms with Gasteiger partial charge in [-0.25, -0.2) is 4.79 Å². The van der Waals surface area contributed by atoms with Crippen LogP contribution in [0.25, 0.3) is 0 Å². The summed E-state index contributed by atoms with van der Waals surface area (Å²) < 4.78 is 11.4. The summed E-state index contributed by atoms with van der Waals surface area (Å²) in [5.74, 6) is 1.82. The number of carbonyl (C=O) groups is 1. The average molecular weight is 328 g/mol. The number of allylic oxidation sites excluding steroid dienone is 2. The van der Waals surface area contributed by atoms with Crippen molar-refractivity contribution < 1.29 is 14.3 Å². The van der Waals surface area contributed by atoms with Crippen LogP contribution in [0, 0.1) is 0 Å². The van der Waals surface area contributed by atoms with E-state index < -0.39 is 11.7 Å². The third kappa shape index (κ3) is 3.91. The van der Waals surface area contributed by atoms with E-state index in [0.717, 1.165) is 35.7 Å². The lowest BCUT2D eigenvalue weighted by Gasteiger charge is -2.22. The molecular formula is C19H24N2O3. The third-order valence-corrected chi connectivity index (χ3v) is 3.92. The summed E-state index contributed by atoms with van der Waals surface area (Å²) in [6.45, 7) is 6.87. The van der Waals surface area contributed by atoms with E-state index in [-0.39, 0.29) is 5.92 Å². The zero-order chi connectivity index (χ0) is 17.2. The molecule has 0 saturated heterocycles. The van der Waals surface area contributed by atoms with Crippen molar-refractivity contribution in [2.75, 3.05) is 13.1 Å². The number of nitrogens with one attached hydrogen (secondary N) is 2. The predicted octanol–water partition coefficient (Wildman–Crippen LogP) is 3.45. The van der Waals surface area contributed by atoms with Crippen molar-refractivity contribution in [3.63, 3.8) is 0 Å². The number of rotatable bonds is 2. The first kappa shape index (κ1) is 16.4. The number of alkyl carbamates (subject to hydrolysis) is 1. The van der Waals surface area contributed by atoms with Gasteiger partial charge in [0.05, 0.1) is 5.70 Å². The summed E-state index contributed by atoms with van der Waals surface area (Å²) >= 11 is 0. The number of carbonyl (C=O) groups excluding carboxylic acids is 1. The summed E-state index contributed by atoms with van der Waals surface area (Å²) in [5, 5.41) is 6.26. The van der Waals surface area contributed by atoms with Crippen LogP contribution in [-0.2, 0) is 4.74 Å². The molecule has 2 aliphatic rings. The second-order valence-electron chi connectivity index (χ2n) is 7.05. The Morgan fingerprint density at radius 1 is 1.38 bits per heavy atom. The number of para-hydroxylation sites is 1. The molecule has 2 N–H and O–H groups in total. The minimum absolute atomic E-state index is 0.125. The minimum atomic E-state index is -0.500. The van der Waals surface area contributed by atoms with Crippen LogP contribution in [0.4, 0.5) is 4.79 Å². The number of amides is 1. The van der Waals surface area contributed by atoms with Crippen molar-refractivity contribution in [2.24, 2.45) is 0 Å². The maximum absolute atomic E-state index is 12.0. The van der Waals surface area contributed by atoms with Crippen molar-refractivity contribution in [1.82, 2.24) is 10.6 Å². The second kappa shape index (κ2) is 6.59. The number of dihydropyridines is 1. The average Bonchev–Trinajstić information content (AvgIpc) is 2.67. The molecular weight excluding hydrogens is 304 g/mol. The van der Waals surface area contributed by atoms with Gasteiger partial charge in [-0.05, 0) is 39.3 Å². The van der Waals surface area contributed by atoms with Gasteiger partial charge in [0, 0.05) is 24.6 Å². The van der Waals surface area contributed by atoms with Crippen LogP contribution in [0.3, 0.4) is 0 Å². The summed E-state index contributed by atoms with van der Waals surface area (Å²) in [5.41, 5.74) is 1.67. The van der Waals surface area contributed by atoms with E-state index in [1.807, 2.05) is 51.1 Å². The van der Waals surface area contributed by atoms with E-state index in [1.54, 1.807) is 0 Å². The molecule has 5 nitrogen and oxygen atoms in total. The number of fused-ring (bicyclic) bond motifs is 1. The Hall–Kier alpha value is -2.43. The molecule has 0 aliphatic carbocycles. The Morgan fingerprint density at radius 2 is 2.17 bits per heavy atom. The van der Waals surface area contributed by atoms with Gasteiger partial charge in [0.15, 0.2) is 0 Å². The van der Waals surface area contributed by atoms with E-state index in [2.05, 4.69) is 16.7 Å². The molecule has 1 amide bonds. The lowest BCUT2D eigenvalue weighted by atomic mass is 9.93. The number of hydrogen-bond acceptors (Lipinski definition) is 4. The molecule has 0 aromatic heterocycles. The Kier molecular flexibility index (Phi) is 4.51. The number of benzene rings is 1. The second-order valence-corrected chi connectivity index (χ2v) is 7.05. The molecule has 2 heterocycles. The zero-order valence-electron chi connectivity index (χ0n) is 14.4. The van der Waals surface area contributed by atoms with E-state index in [0.29, 0.717) is 6.54 Å². The maximum atomic E-state index is 12.0. The van der Waals surface area contributed by atoms with Crippen molar-refractivity contribution in [3.8, 4) is 5.75 Å². The van der Waals surface area contributed by atoms with E-state index in [9.17, 15) is 4.79 Å². The molecule has 1 aromatic carbocycles. The van der Waals surface area contributed by atoms with Gasteiger partial charge in [-0.3, -0.25) is 0 Å².